The number of primary amides is 1. The monoisotopic (exact) mass is 506 g/mol. The molecule has 0 saturated carbocycles. The number of carbonyl (C=O) groups excluding carboxylic acids is 1. The third kappa shape index (κ3) is 5.80. The second kappa shape index (κ2) is 10.7. The molecule has 0 spiro atoms. The number of benzene rings is 1. The summed E-state index contributed by atoms with van der Waals surface area (Å²) < 4.78 is 34.4. The molecule has 0 aliphatic heterocycles. The van der Waals surface area contributed by atoms with Crippen molar-refractivity contribution in [1.82, 2.24) is 14.9 Å². The number of carbonyl (C=O) groups is 1. The zero-order valence-electron chi connectivity index (χ0n) is 19.2. The number of fused-ring (bicyclic) bond motifs is 1. The Kier molecular flexibility index (Phi) is 8.13. The van der Waals surface area contributed by atoms with Crippen LogP contribution in [0.1, 0.15) is 40.9 Å². The molecule has 188 valence electrons. The molecule has 1 unspecified atom stereocenters. The number of pyridine rings is 2. The molecule has 6 N–H and O–H groups in total. The van der Waals surface area contributed by atoms with E-state index in [0.29, 0.717) is 17.5 Å². The summed E-state index contributed by atoms with van der Waals surface area (Å²) >= 11 is -2.08. The lowest BCUT2D eigenvalue weighted by Gasteiger charge is -2.30. The molecule has 0 bridgehead atoms. The molecule has 35 heavy (non-hydrogen) atoms. The largest absolute Gasteiger partial charge is 0.367 e. The molecule has 0 saturated heterocycles. The zero-order valence-corrected chi connectivity index (χ0v) is 20.0. The van der Waals surface area contributed by atoms with Gasteiger partial charge >= 0.3 is 0 Å². The number of halogens is 1. The van der Waals surface area contributed by atoms with E-state index in [0.717, 1.165) is 5.56 Å². The van der Waals surface area contributed by atoms with E-state index in [1.807, 2.05) is 0 Å². The van der Waals surface area contributed by atoms with Crippen molar-refractivity contribution in [3.05, 3.63) is 75.0 Å². The van der Waals surface area contributed by atoms with Crippen LogP contribution in [0.4, 0.5) is 4.39 Å². The van der Waals surface area contributed by atoms with Crippen LogP contribution in [-0.4, -0.2) is 53.1 Å². The summed E-state index contributed by atoms with van der Waals surface area (Å²) in [6.07, 6.45) is -0.0271. The summed E-state index contributed by atoms with van der Waals surface area (Å²) in [5.41, 5.74) is 4.90. The van der Waals surface area contributed by atoms with Crippen molar-refractivity contribution < 1.29 is 28.2 Å². The molecule has 0 radical (unpaired) electrons. The molecule has 0 aliphatic carbocycles. The van der Waals surface area contributed by atoms with E-state index in [-0.39, 0.29) is 35.9 Å². The highest BCUT2D eigenvalue weighted by Gasteiger charge is 2.37. The highest BCUT2D eigenvalue weighted by atomic mass is 32.2. The topological polar surface area (TPSA) is 168 Å². The SMILES string of the molecule is CC(C)(c1c(C(N)=O)c(=O)n(CCNCS(=O)O)c2cc(Cc3ccc(F)cc3)cnc12)C(O)O. The third-order valence-electron chi connectivity index (χ3n) is 5.76. The van der Waals surface area contributed by atoms with Crippen molar-refractivity contribution >= 4 is 28.0 Å². The Balaban J connectivity index is 2.24. The molecule has 2 heterocycles. The van der Waals surface area contributed by atoms with Crippen LogP contribution in [0.2, 0.25) is 0 Å². The fourth-order valence-electron chi connectivity index (χ4n) is 3.85. The van der Waals surface area contributed by atoms with Gasteiger partial charge in [0, 0.05) is 30.3 Å². The molecular formula is C23H27FN4O6S. The summed E-state index contributed by atoms with van der Waals surface area (Å²) in [7, 11) is 0. The van der Waals surface area contributed by atoms with Gasteiger partial charge in [-0.25, -0.2) is 8.60 Å². The maximum Gasteiger partial charge on any atom is 0.264 e. The molecule has 0 aliphatic rings. The zero-order chi connectivity index (χ0) is 25.9. The van der Waals surface area contributed by atoms with Crippen LogP contribution in [-0.2, 0) is 29.5 Å². The summed E-state index contributed by atoms with van der Waals surface area (Å²) in [5.74, 6) is -1.63. The predicted octanol–water partition coefficient (Wildman–Crippen LogP) is 0.582. The van der Waals surface area contributed by atoms with Crippen LogP contribution in [0.3, 0.4) is 0 Å². The first-order valence-electron chi connectivity index (χ1n) is 10.7. The molecule has 1 atom stereocenters. The maximum atomic E-state index is 13.4. The van der Waals surface area contributed by atoms with E-state index in [2.05, 4.69) is 10.3 Å². The lowest BCUT2D eigenvalue weighted by atomic mass is 9.80. The van der Waals surface area contributed by atoms with Crippen LogP contribution >= 0.6 is 0 Å². The lowest BCUT2D eigenvalue weighted by Crippen LogP contribution is -2.41. The fraction of sp³-hybridized carbons (Fsp3) is 0.348. The Hall–Kier alpha value is -3.03. The molecule has 3 rings (SSSR count). The van der Waals surface area contributed by atoms with Crippen LogP contribution in [0.25, 0.3) is 11.0 Å². The van der Waals surface area contributed by atoms with Crippen molar-refractivity contribution in [2.24, 2.45) is 5.73 Å². The molecule has 0 fully saturated rings. The van der Waals surface area contributed by atoms with Gasteiger partial charge in [0.1, 0.15) is 11.4 Å². The summed E-state index contributed by atoms with van der Waals surface area (Å²) in [6, 6.07) is 7.60. The molecule has 3 aromatic rings. The van der Waals surface area contributed by atoms with Gasteiger partial charge in [0.25, 0.3) is 11.5 Å². The minimum Gasteiger partial charge on any atom is -0.367 e. The highest BCUT2D eigenvalue weighted by Crippen LogP contribution is 2.33. The second-order valence-corrected chi connectivity index (χ2v) is 9.58. The first-order chi connectivity index (χ1) is 16.4. The van der Waals surface area contributed by atoms with Crippen molar-refractivity contribution in [1.29, 1.82) is 0 Å². The number of nitrogens with zero attached hydrogens (tertiary/aromatic N) is 2. The average Bonchev–Trinajstić information content (AvgIpc) is 2.78. The van der Waals surface area contributed by atoms with Crippen LogP contribution in [0.15, 0.2) is 41.3 Å². The summed E-state index contributed by atoms with van der Waals surface area (Å²) in [5, 5.41) is 22.8. The minimum atomic E-state index is -2.08. The van der Waals surface area contributed by atoms with Gasteiger partial charge in [-0.05, 0) is 35.7 Å². The van der Waals surface area contributed by atoms with Crippen molar-refractivity contribution in [2.45, 2.75) is 38.5 Å². The van der Waals surface area contributed by atoms with E-state index in [1.165, 1.54) is 36.7 Å². The molecule has 1 amide bonds. The third-order valence-corrected chi connectivity index (χ3v) is 6.21. The van der Waals surface area contributed by atoms with E-state index in [9.17, 15) is 28.4 Å². The van der Waals surface area contributed by atoms with Gasteiger partial charge in [-0.15, -0.1) is 0 Å². The molecule has 2 aromatic heterocycles. The van der Waals surface area contributed by atoms with Gasteiger partial charge in [-0.2, -0.15) is 0 Å². The molecular weight excluding hydrogens is 479 g/mol. The van der Waals surface area contributed by atoms with E-state index in [1.54, 1.807) is 18.2 Å². The normalized spacial score (nSPS) is 12.9. The maximum absolute atomic E-state index is 13.4. The number of nitrogens with two attached hydrogens (primary N) is 1. The van der Waals surface area contributed by atoms with Gasteiger partial charge in [-0.1, -0.05) is 26.0 Å². The molecule has 10 nitrogen and oxygen atoms in total. The van der Waals surface area contributed by atoms with Gasteiger partial charge < -0.3 is 30.4 Å². The summed E-state index contributed by atoms with van der Waals surface area (Å²) in [4.78, 5) is 30.3. The Morgan fingerprint density at radius 1 is 1.26 bits per heavy atom. The van der Waals surface area contributed by atoms with Crippen molar-refractivity contribution in [3.63, 3.8) is 0 Å². The van der Waals surface area contributed by atoms with Crippen LogP contribution < -0.4 is 16.6 Å². The highest BCUT2D eigenvalue weighted by molar-refractivity contribution is 7.79. The van der Waals surface area contributed by atoms with Gasteiger partial charge in [-0.3, -0.25) is 14.6 Å². The van der Waals surface area contributed by atoms with E-state index < -0.39 is 39.8 Å². The average molecular weight is 507 g/mol. The quantitative estimate of drug-likeness (QED) is 0.151. The smallest absolute Gasteiger partial charge is 0.264 e. The number of rotatable bonds is 10. The number of aliphatic hydroxyl groups excluding tert-OH is 1. The van der Waals surface area contributed by atoms with Crippen molar-refractivity contribution in [2.75, 3.05) is 12.4 Å². The number of nitrogens with one attached hydrogen (secondary N) is 1. The van der Waals surface area contributed by atoms with Crippen molar-refractivity contribution in [3.8, 4) is 0 Å². The van der Waals surface area contributed by atoms with Gasteiger partial charge in [0.15, 0.2) is 17.4 Å². The van der Waals surface area contributed by atoms with Gasteiger partial charge in [0.05, 0.1) is 16.9 Å². The second-order valence-electron chi connectivity index (χ2n) is 8.65. The lowest BCUT2D eigenvalue weighted by molar-refractivity contribution is -0.0888. The van der Waals surface area contributed by atoms with E-state index in [4.69, 9.17) is 10.3 Å². The molecule has 1 aromatic carbocycles. The Morgan fingerprint density at radius 2 is 1.91 bits per heavy atom. The summed E-state index contributed by atoms with van der Waals surface area (Å²) in [6.45, 7) is 3.04. The number of hydrogen-bond acceptors (Lipinski definition) is 7. The van der Waals surface area contributed by atoms with E-state index >= 15 is 0 Å². The standard InChI is InChI=1S/C23H27FN4O6S/c1-23(2,22(31)32)18-17(20(25)29)21(30)28(8-7-26-12-35(33)34)16-10-14(11-27-19(16)18)9-13-3-5-15(24)6-4-13/h3-6,10-11,22,26,31-32H,7-9,12H2,1-2H3,(H2,25,29)(H,33,34). The fourth-order valence-corrected chi connectivity index (χ4v) is 4.17. The van der Waals surface area contributed by atoms with Crippen LogP contribution in [0, 0.1) is 5.82 Å². The first-order valence-corrected chi connectivity index (χ1v) is 12.0. The number of aromatic nitrogens is 2. The number of aliphatic hydroxyl groups is 2. The first kappa shape index (κ1) is 26.6. The Morgan fingerprint density at radius 3 is 2.49 bits per heavy atom. The Bertz CT molecular complexity index is 1320. The Labute approximate surface area is 202 Å². The minimum absolute atomic E-state index is 0.00834. The number of hydrogen-bond donors (Lipinski definition) is 5. The molecule has 12 heteroatoms. The van der Waals surface area contributed by atoms with Gasteiger partial charge in [0.2, 0.25) is 0 Å². The predicted molar refractivity (Wildman–Crippen MR) is 129 cm³/mol. The van der Waals surface area contributed by atoms with Crippen LogP contribution in [0.5, 0.6) is 0 Å². The number of amides is 1.